The SMILES string of the molecule is CS(=O)(=O)c1ccc(NC(=O)CN2CCOC(c3ccc(Br)cc3)C2)cc1. The fourth-order valence-electron chi connectivity index (χ4n) is 2.91. The quantitative estimate of drug-likeness (QED) is 0.754. The van der Waals surface area contributed by atoms with Crippen molar-refractivity contribution in [3.8, 4) is 0 Å². The van der Waals surface area contributed by atoms with Crippen molar-refractivity contribution in [2.45, 2.75) is 11.0 Å². The molecule has 0 radical (unpaired) electrons. The van der Waals surface area contributed by atoms with Gasteiger partial charge >= 0.3 is 0 Å². The molecule has 0 aliphatic carbocycles. The first-order chi connectivity index (χ1) is 12.8. The number of nitrogens with zero attached hydrogens (tertiary/aromatic N) is 1. The van der Waals surface area contributed by atoms with E-state index in [4.69, 9.17) is 4.74 Å². The average Bonchev–Trinajstić information content (AvgIpc) is 2.62. The number of sulfone groups is 1. The largest absolute Gasteiger partial charge is 0.371 e. The van der Waals surface area contributed by atoms with Gasteiger partial charge in [0.15, 0.2) is 9.84 Å². The fraction of sp³-hybridized carbons (Fsp3) is 0.316. The number of benzene rings is 2. The number of hydrogen-bond acceptors (Lipinski definition) is 5. The van der Waals surface area contributed by atoms with Crippen molar-refractivity contribution < 1.29 is 17.9 Å². The highest BCUT2D eigenvalue weighted by atomic mass is 79.9. The van der Waals surface area contributed by atoms with Crippen LogP contribution >= 0.6 is 15.9 Å². The van der Waals surface area contributed by atoms with Crippen LogP contribution in [0, 0.1) is 0 Å². The average molecular weight is 453 g/mol. The predicted octanol–water partition coefficient (Wildman–Crippen LogP) is 2.86. The normalized spacial score (nSPS) is 18.2. The number of ether oxygens (including phenoxy) is 1. The van der Waals surface area contributed by atoms with Gasteiger partial charge in [0.25, 0.3) is 0 Å². The van der Waals surface area contributed by atoms with Crippen molar-refractivity contribution >= 4 is 37.4 Å². The van der Waals surface area contributed by atoms with Crippen molar-refractivity contribution in [3.63, 3.8) is 0 Å². The van der Waals surface area contributed by atoms with Crippen molar-refractivity contribution in [2.24, 2.45) is 0 Å². The lowest BCUT2D eigenvalue weighted by Crippen LogP contribution is -2.42. The van der Waals surface area contributed by atoms with E-state index < -0.39 is 9.84 Å². The molecule has 1 atom stereocenters. The zero-order chi connectivity index (χ0) is 19.4. The molecule has 1 fully saturated rings. The molecule has 1 aliphatic rings. The predicted molar refractivity (Wildman–Crippen MR) is 107 cm³/mol. The second-order valence-corrected chi connectivity index (χ2v) is 9.42. The molecule has 1 unspecified atom stereocenters. The van der Waals surface area contributed by atoms with E-state index in [1.807, 2.05) is 24.3 Å². The second kappa shape index (κ2) is 8.52. The summed E-state index contributed by atoms with van der Waals surface area (Å²) in [6, 6.07) is 14.2. The van der Waals surface area contributed by atoms with Gasteiger partial charge in [0.1, 0.15) is 0 Å². The third kappa shape index (κ3) is 5.62. The Bertz CT molecular complexity index is 898. The topological polar surface area (TPSA) is 75.7 Å². The minimum Gasteiger partial charge on any atom is -0.371 e. The molecule has 144 valence electrons. The Kier molecular flexibility index (Phi) is 6.31. The number of hydrogen-bond donors (Lipinski definition) is 1. The van der Waals surface area contributed by atoms with Crippen molar-refractivity contribution in [2.75, 3.05) is 37.8 Å². The summed E-state index contributed by atoms with van der Waals surface area (Å²) < 4.78 is 29.8. The monoisotopic (exact) mass is 452 g/mol. The Hall–Kier alpha value is -1.74. The van der Waals surface area contributed by atoms with Crippen LogP contribution in [0.5, 0.6) is 0 Å². The van der Waals surface area contributed by atoms with Gasteiger partial charge in [0.2, 0.25) is 5.91 Å². The molecule has 8 heteroatoms. The highest BCUT2D eigenvalue weighted by Crippen LogP contribution is 2.24. The molecule has 0 bridgehead atoms. The van der Waals surface area contributed by atoms with Crippen LogP contribution in [0.25, 0.3) is 0 Å². The lowest BCUT2D eigenvalue weighted by Gasteiger charge is -2.32. The van der Waals surface area contributed by atoms with Crippen LogP contribution in [-0.2, 0) is 19.4 Å². The van der Waals surface area contributed by atoms with Crippen molar-refractivity contribution in [1.82, 2.24) is 4.90 Å². The maximum atomic E-state index is 12.3. The summed E-state index contributed by atoms with van der Waals surface area (Å²) in [4.78, 5) is 14.6. The molecule has 2 aromatic carbocycles. The van der Waals surface area contributed by atoms with Gasteiger partial charge in [0.05, 0.1) is 24.2 Å². The molecular weight excluding hydrogens is 432 g/mol. The molecule has 1 N–H and O–H groups in total. The zero-order valence-corrected chi connectivity index (χ0v) is 17.3. The van der Waals surface area contributed by atoms with Gasteiger partial charge in [-0.1, -0.05) is 28.1 Å². The molecule has 0 aromatic heterocycles. The van der Waals surface area contributed by atoms with E-state index in [1.54, 1.807) is 12.1 Å². The maximum absolute atomic E-state index is 12.3. The minimum absolute atomic E-state index is 0.0614. The Morgan fingerprint density at radius 2 is 1.85 bits per heavy atom. The number of amides is 1. The Morgan fingerprint density at radius 3 is 2.48 bits per heavy atom. The third-order valence-electron chi connectivity index (χ3n) is 4.33. The molecule has 1 aliphatic heterocycles. The first-order valence-corrected chi connectivity index (χ1v) is 11.2. The number of morpholine rings is 1. The standard InChI is InChI=1S/C19H21BrN2O4S/c1-27(24,25)17-8-6-16(7-9-17)21-19(23)13-22-10-11-26-18(12-22)14-2-4-15(20)5-3-14/h2-9,18H,10-13H2,1H3,(H,21,23). The first kappa shape index (κ1) is 20.0. The van der Waals surface area contributed by atoms with E-state index in [9.17, 15) is 13.2 Å². The molecule has 27 heavy (non-hydrogen) atoms. The third-order valence-corrected chi connectivity index (χ3v) is 5.98. The Labute approximate surface area is 167 Å². The number of rotatable bonds is 5. The summed E-state index contributed by atoms with van der Waals surface area (Å²) in [6.07, 6.45) is 1.09. The smallest absolute Gasteiger partial charge is 0.238 e. The molecule has 0 spiro atoms. The van der Waals surface area contributed by atoms with Gasteiger partial charge in [-0.15, -0.1) is 0 Å². The molecule has 3 rings (SSSR count). The molecule has 6 nitrogen and oxygen atoms in total. The second-order valence-electron chi connectivity index (χ2n) is 6.49. The summed E-state index contributed by atoms with van der Waals surface area (Å²) in [5.41, 5.74) is 1.66. The highest BCUT2D eigenvalue weighted by molar-refractivity contribution is 9.10. The molecule has 0 saturated carbocycles. The Balaban J connectivity index is 1.56. The van der Waals surface area contributed by atoms with Crippen LogP contribution in [0.4, 0.5) is 5.69 Å². The van der Waals surface area contributed by atoms with Crippen LogP contribution < -0.4 is 5.32 Å². The molecule has 1 heterocycles. The lowest BCUT2D eigenvalue weighted by atomic mass is 10.1. The van der Waals surface area contributed by atoms with Crippen LogP contribution in [0.3, 0.4) is 0 Å². The highest BCUT2D eigenvalue weighted by Gasteiger charge is 2.23. The van der Waals surface area contributed by atoms with Gasteiger partial charge in [-0.25, -0.2) is 8.42 Å². The van der Waals surface area contributed by atoms with Crippen molar-refractivity contribution in [1.29, 1.82) is 0 Å². The minimum atomic E-state index is -3.24. The van der Waals surface area contributed by atoms with Crippen molar-refractivity contribution in [3.05, 3.63) is 58.6 Å². The molecular formula is C19H21BrN2O4S. The van der Waals surface area contributed by atoms with Gasteiger partial charge in [-0.2, -0.15) is 0 Å². The fourth-order valence-corrected chi connectivity index (χ4v) is 3.81. The molecule has 2 aromatic rings. The van der Waals surface area contributed by atoms with Crippen LogP contribution in [0.15, 0.2) is 57.9 Å². The number of anilines is 1. The van der Waals surface area contributed by atoms with Crippen LogP contribution in [0.1, 0.15) is 11.7 Å². The van der Waals surface area contributed by atoms with Gasteiger partial charge in [0, 0.05) is 29.5 Å². The summed E-state index contributed by atoms with van der Waals surface area (Å²) in [5.74, 6) is -0.140. The number of carbonyl (C=O) groups excluding carboxylic acids is 1. The molecule has 1 saturated heterocycles. The van der Waals surface area contributed by atoms with E-state index in [0.29, 0.717) is 25.4 Å². The number of carbonyl (C=O) groups is 1. The zero-order valence-electron chi connectivity index (χ0n) is 14.9. The van der Waals surface area contributed by atoms with Crippen LogP contribution in [0.2, 0.25) is 0 Å². The van der Waals surface area contributed by atoms with E-state index >= 15 is 0 Å². The number of halogens is 1. The van der Waals surface area contributed by atoms with Gasteiger partial charge in [-0.05, 0) is 42.0 Å². The summed E-state index contributed by atoms with van der Waals surface area (Å²) in [7, 11) is -3.24. The lowest BCUT2D eigenvalue weighted by molar-refractivity contribution is -0.119. The maximum Gasteiger partial charge on any atom is 0.238 e. The Morgan fingerprint density at radius 1 is 1.19 bits per heavy atom. The van der Waals surface area contributed by atoms with Gasteiger partial charge in [-0.3, -0.25) is 9.69 Å². The van der Waals surface area contributed by atoms with Gasteiger partial charge < -0.3 is 10.1 Å². The summed E-state index contributed by atoms with van der Waals surface area (Å²) >= 11 is 3.42. The van der Waals surface area contributed by atoms with E-state index in [2.05, 4.69) is 26.1 Å². The van der Waals surface area contributed by atoms with E-state index in [1.165, 1.54) is 12.1 Å². The summed E-state index contributed by atoms with van der Waals surface area (Å²) in [6.45, 7) is 2.15. The van der Waals surface area contributed by atoms with Crippen LogP contribution in [-0.4, -0.2) is 51.7 Å². The molecule has 1 amide bonds. The summed E-state index contributed by atoms with van der Waals surface area (Å²) in [5, 5.41) is 2.81. The van der Waals surface area contributed by atoms with E-state index in [0.717, 1.165) is 16.3 Å². The first-order valence-electron chi connectivity index (χ1n) is 8.51. The van der Waals surface area contributed by atoms with E-state index in [-0.39, 0.29) is 23.5 Å². The number of nitrogens with one attached hydrogen (secondary N) is 1.